The topological polar surface area (TPSA) is 0 Å². The first kappa shape index (κ1) is 23.5. The van der Waals surface area contributed by atoms with Crippen molar-refractivity contribution in [3.8, 4) is 22.3 Å². The van der Waals surface area contributed by atoms with Crippen molar-refractivity contribution >= 4 is 10.8 Å². The zero-order valence-corrected chi connectivity index (χ0v) is 17.6. The molecule has 0 saturated heterocycles. The SMILES string of the molecule is C=CCCc1ccc2c(F)c(-c3ccc(-c4cc(F)c(C(F)(F)F)c(F)c4)c(F)c3)ccc2c1. The van der Waals surface area contributed by atoms with Gasteiger partial charge in [0, 0.05) is 16.5 Å². The molecule has 4 aromatic carbocycles. The maximum atomic E-state index is 15.2. The maximum Gasteiger partial charge on any atom is 0.422 e. The fraction of sp³-hybridized carbons (Fsp3) is 0.111. The van der Waals surface area contributed by atoms with Gasteiger partial charge in [-0.05, 0) is 53.1 Å². The lowest BCUT2D eigenvalue weighted by molar-refractivity contribution is -0.142. The molecule has 4 rings (SSSR count). The second-order valence-corrected chi connectivity index (χ2v) is 7.82. The van der Waals surface area contributed by atoms with E-state index in [2.05, 4.69) is 6.58 Å². The fourth-order valence-electron chi connectivity index (χ4n) is 3.90. The van der Waals surface area contributed by atoms with Gasteiger partial charge in [-0.3, -0.25) is 0 Å². The molecule has 0 unspecified atom stereocenters. The minimum atomic E-state index is -5.23. The zero-order chi connectivity index (χ0) is 24.6. The molecule has 0 bridgehead atoms. The number of halogens is 7. The van der Waals surface area contributed by atoms with E-state index in [9.17, 15) is 26.3 Å². The van der Waals surface area contributed by atoms with Gasteiger partial charge in [-0.15, -0.1) is 6.58 Å². The molecule has 174 valence electrons. The normalized spacial score (nSPS) is 11.7. The van der Waals surface area contributed by atoms with Gasteiger partial charge in [0.25, 0.3) is 0 Å². The highest BCUT2D eigenvalue weighted by atomic mass is 19.4. The number of hydrogen-bond donors (Lipinski definition) is 0. The average Bonchev–Trinajstić information content (AvgIpc) is 2.76. The Morgan fingerprint density at radius 2 is 1.35 bits per heavy atom. The summed E-state index contributed by atoms with van der Waals surface area (Å²) in [5.74, 6) is -5.22. The van der Waals surface area contributed by atoms with Crippen LogP contribution in [-0.2, 0) is 12.6 Å². The van der Waals surface area contributed by atoms with E-state index >= 15 is 4.39 Å². The van der Waals surface area contributed by atoms with Crippen molar-refractivity contribution in [2.75, 3.05) is 0 Å². The minimum Gasteiger partial charge on any atom is -0.206 e. The molecule has 0 nitrogen and oxygen atoms in total. The highest BCUT2D eigenvalue weighted by Crippen LogP contribution is 2.37. The highest BCUT2D eigenvalue weighted by molar-refractivity contribution is 5.89. The van der Waals surface area contributed by atoms with Crippen LogP contribution in [0, 0.1) is 23.3 Å². The van der Waals surface area contributed by atoms with E-state index in [4.69, 9.17) is 0 Å². The van der Waals surface area contributed by atoms with Crippen molar-refractivity contribution in [3.05, 3.63) is 108 Å². The summed E-state index contributed by atoms with van der Waals surface area (Å²) in [6, 6.07) is 12.8. The van der Waals surface area contributed by atoms with E-state index in [1.165, 1.54) is 12.1 Å². The molecule has 0 aromatic heterocycles. The van der Waals surface area contributed by atoms with Gasteiger partial charge in [0.2, 0.25) is 0 Å². The summed E-state index contributed by atoms with van der Waals surface area (Å²) < 4.78 is 96.3. The van der Waals surface area contributed by atoms with Gasteiger partial charge < -0.3 is 0 Å². The number of allylic oxidation sites excluding steroid dienone is 1. The predicted octanol–water partition coefficient (Wildman–Crippen LogP) is 8.87. The number of alkyl halides is 3. The number of benzene rings is 4. The van der Waals surface area contributed by atoms with Crippen LogP contribution in [0.5, 0.6) is 0 Å². The average molecular weight is 474 g/mol. The van der Waals surface area contributed by atoms with Crippen LogP contribution in [0.4, 0.5) is 30.7 Å². The third kappa shape index (κ3) is 4.42. The smallest absolute Gasteiger partial charge is 0.206 e. The number of hydrogen-bond acceptors (Lipinski definition) is 0. The Kier molecular flexibility index (Phi) is 6.21. The molecule has 7 heteroatoms. The van der Waals surface area contributed by atoms with Gasteiger partial charge in [-0.25, -0.2) is 17.6 Å². The zero-order valence-electron chi connectivity index (χ0n) is 17.6. The molecular formula is C27H17F7. The van der Waals surface area contributed by atoms with Crippen LogP contribution in [0.2, 0.25) is 0 Å². The van der Waals surface area contributed by atoms with Crippen molar-refractivity contribution in [2.24, 2.45) is 0 Å². The summed E-state index contributed by atoms with van der Waals surface area (Å²) >= 11 is 0. The van der Waals surface area contributed by atoms with Crippen LogP contribution in [0.25, 0.3) is 33.0 Å². The molecule has 0 aliphatic carbocycles. The third-order valence-electron chi connectivity index (χ3n) is 5.57. The first-order valence-corrected chi connectivity index (χ1v) is 10.3. The molecule has 0 spiro atoms. The van der Waals surface area contributed by atoms with Gasteiger partial charge in [0.05, 0.1) is 0 Å². The Bertz CT molecular complexity index is 1380. The molecule has 0 amide bonds. The molecule has 0 aliphatic heterocycles. The first-order valence-electron chi connectivity index (χ1n) is 10.3. The van der Waals surface area contributed by atoms with Crippen molar-refractivity contribution in [1.82, 2.24) is 0 Å². The van der Waals surface area contributed by atoms with Gasteiger partial charge in [0.15, 0.2) is 0 Å². The van der Waals surface area contributed by atoms with Crippen LogP contribution in [0.15, 0.2) is 73.3 Å². The van der Waals surface area contributed by atoms with E-state index in [0.29, 0.717) is 22.9 Å². The van der Waals surface area contributed by atoms with Crippen LogP contribution in [-0.4, -0.2) is 0 Å². The Morgan fingerprint density at radius 1 is 0.706 bits per heavy atom. The second-order valence-electron chi connectivity index (χ2n) is 7.82. The van der Waals surface area contributed by atoms with E-state index in [1.54, 1.807) is 24.3 Å². The van der Waals surface area contributed by atoms with E-state index < -0.39 is 40.6 Å². The quantitative estimate of drug-likeness (QED) is 0.200. The van der Waals surface area contributed by atoms with Crippen LogP contribution in [0.1, 0.15) is 17.5 Å². The summed E-state index contributed by atoms with van der Waals surface area (Å²) in [7, 11) is 0. The maximum absolute atomic E-state index is 15.2. The summed E-state index contributed by atoms with van der Waals surface area (Å²) in [6.45, 7) is 3.68. The summed E-state index contributed by atoms with van der Waals surface area (Å²) in [5.41, 5.74) is -1.46. The highest BCUT2D eigenvalue weighted by Gasteiger charge is 2.38. The van der Waals surface area contributed by atoms with Crippen molar-refractivity contribution in [1.29, 1.82) is 0 Å². The number of rotatable bonds is 5. The van der Waals surface area contributed by atoms with Crippen molar-refractivity contribution in [2.45, 2.75) is 19.0 Å². The molecular weight excluding hydrogens is 457 g/mol. The van der Waals surface area contributed by atoms with Crippen molar-refractivity contribution < 1.29 is 30.7 Å². The van der Waals surface area contributed by atoms with Gasteiger partial charge >= 0.3 is 6.18 Å². The summed E-state index contributed by atoms with van der Waals surface area (Å²) in [4.78, 5) is 0. The van der Waals surface area contributed by atoms with E-state index in [-0.39, 0.29) is 16.7 Å². The lowest BCUT2D eigenvalue weighted by atomic mass is 9.95. The second kappa shape index (κ2) is 8.97. The fourth-order valence-corrected chi connectivity index (χ4v) is 3.90. The van der Waals surface area contributed by atoms with Gasteiger partial charge in [-0.1, -0.05) is 48.5 Å². The lowest BCUT2D eigenvalue weighted by Crippen LogP contribution is -2.11. The summed E-state index contributed by atoms with van der Waals surface area (Å²) in [5, 5.41) is 1.02. The monoisotopic (exact) mass is 474 g/mol. The van der Waals surface area contributed by atoms with Crippen molar-refractivity contribution in [3.63, 3.8) is 0 Å². The Labute approximate surface area is 191 Å². The molecule has 0 aliphatic rings. The van der Waals surface area contributed by atoms with Crippen LogP contribution < -0.4 is 0 Å². The van der Waals surface area contributed by atoms with Crippen LogP contribution >= 0.6 is 0 Å². The molecule has 34 heavy (non-hydrogen) atoms. The van der Waals surface area contributed by atoms with E-state index in [0.717, 1.165) is 30.5 Å². The van der Waals surface area contributed by atoms with Gasteiger partial charge in [-0.2, -0.15) is 13.2 Å². The predicted molar refractivity (Wildman–Crippen MR) is 118 cm³/mol. The molecule has 0 radical (unpaired) electrons. The molecule has 0 fully saturated rings. The third-order valence-corrected chi connectivity index (χ3v) is 5.57. The standard InChI is InChI=1S/C27H17F7/c1-2-3-4-15-5-8-20-16(11-15)7-10-21(26(20)31)17-6-9-19(22(28)12-17)18-13-23(29)25(24(30)14-18)27(32,33)34/h2,5-14H,1,3-4H2. The lowest BCUT2D eigenvalue weighted by Gasteiger charge is -2.13. The number of fused-ring (bicyclic) bond motifs is 1. The van der Waals surface area contributed by atoms with Gasteiger partial charge in [0.1, 0.15) is 28.8 Å². The minimum absolute atomic E-state index is 0.113. The molecule has 4 aromatic rings. The van der Waals surface area contributed by atoms with Crippen LogP contribution in [0.3, 0.4) is 0 Å². The molecule has 0 heterocycles. The Hall–Kier alpha value is -3.61. The molecule has 0 saturated carbocycles. The molecule has 0 atom stereocenters. The first-order chi connectivity index (χ1) is 16.1. The van der Waals surface area contributed by atoms with E-state index in [1.807, 2.05) is 6.07 Å². The largest absolute Gasteiger partial charge is 0.422 e. The number of aryl methyl sites for hydroxylation is 1. The summed E-state index contributed by atoms with van der Waals surface area (Å²) in [6.07, 6.45) is -1.89. The molecule has 0 N–H and O–H groups in total. The Morgan fingerprint density at radius 3 is 1.97 bits per heavy atom. The Balaban J connectivity index is 1.72.